The molecule has 1 aromatic carbocycles. The molecule has 0 saturated heterocycles. The Morgan fingerprint density at radius 1 is 1.53 bits per heavy atom. The maximum Gasteiger partial charge on any atom is 0.335 e. The number of carbonyl (C=O) groups is 2. The molecule has 0 fully saturated rings. The molecule has 1 aromatic rings. The Balaban J connectivity index is 3.01. The summed E-state index contributed by atoms with van der Waals surface area (Å²) in [7, 11) is 1.44. The first-order valence-electron chi connectivity index (χ1n) is 4.90. The molecule has 90 valence electrons. The fourth-order valence-electron chi connectivity index (χ4n) is 1.27. The van der Waals surface area contributed by atoms with Gasteiger partial charge in [-0.05, 0) is 18.2 Å². The summed E-state index contributed by atoms with van der Waals surface area (Å²) in [4.78, 5) is 22.2. The van der Waals surface area contributed by atoms with Crippen molar-refractivity contribution < 1.29 is 19.4 Å². The van der Waals surface area contributed by atoms with Gasteiger partial charge in [0.25, 0.3) is 0 Å². The lowest BCUT2D eigenvalue weighted by Crippen LogP contribution is -2.11. The number of carboxylic acid groups (broad SMARTS) is 1. The molecule has 2 N–H and O–H groups in total. The van der Waals surface area contributed by atoms with Crippen LogP contribution in [0.2, 0.25) is 0 Å². The van der Waals surface area contributed by atoms with Crippen LogP contribution >= 0.6 is 0 Å². The number of ether oxygens (including phenoxy) is 1. The highest BCUT2D eigenvalue weighted by molar-refractivity contribution is 5.96. The van der Waals surface area contributed by atoms with E-state index in [-0.39, 0.29) is 17.9 Å². The van der Waals surface area contributed by atoms with Gasteiger partial charge in [-0.25, -0.2) is 4.79 Å². The Bertz CT molecular complexity index is 454. The number of carboxylic acids is 1. The minimum absolute atomic E-state index is 0.0831. The normalized spacial score (nSPS) is 9.47. The van der Waals surface area contributed by atoms with Gasteiger partial charge in [0.05, 0.1) is 18.4 Å². The van der Waals surface area contributed by atoms with Crippen LogP contribution in [0.1, 0.15) is 16.8 Å². The van der Waals surface area contributed by atoms with Crippen molar-refractivity contribution in [2.24, 2.45) is 0 Å². The van der Waals surface area contributed by atoms with E-state index in [0.29, 0.717) is 11.4 Å². The second kappa shape index (κ2) is 5.69. The van der Waals surface area contributed by atoms with E-state index in [2.05, 4.69) is 11.9 Å². The first kappa shape index (κ1) is 12.8. The highest BCUT2D eigenvalue weighted by Gasteiger charge is 2.10. The largest absolute Gasteiger partial charge is 0.495 e. The smallest absolute Gasteiger partial charge is 0.335 e. The monoisotopic (exact) mass is 235 g/mol. The summed E-state index contributed by atoms with van der Waals surface area (Å²) >= 11 is 0. The van der Waals surface area contributed by atoms with Gasteiger partial charge >= 0.3 is 5.97 Å². The van der Waals surface area contributed by atoms with Gasteiger partial charge in [0, 0.05) is 6.42 Å². The average molecular weight is 235 g/mol. The van der Waals surface area contributed by atoms with Crippen molar-refractivity contribution in [3.05, 3.63) is 36.4 Å². The molecular formula is C12H13NO4. The molecule has 5 heteroatoms. The number of anilines is 1. The summed E-state index contributed by atoms with van der Waals surface area (Å²) in [6.07, 6.45) is 1.61. The minimum atomic E-state index is -1.06. The quantitative estimate of drug-likeness (QED) is 0.764. The SMILES string of the molecule is C=CCC(=O)Nc1cc(C(=O)O)ccc1OC. The number of aromatic carboxylic acids is 1. The molecule has 0 saturated carbocycles. The third kappa shape index (κ3) is 3.34. The van der Waals surface area contributed by atoms with E-state index in [0.717, 1.165) is 0 Å². The molecule has 0 unspecified atom stereocenters. The minimum Gasteiger partial charge on any atom is -0.495 e. The Kier molecular flexibility index (Phi) is 4.28. The summed E-state index contributed by atoms with van der Waals surface area (Å²) < 4.78 is 5.03. The molecule has 0 heterocycles. The predicted molar refractivity (Wildman–Crippen MR) is 63.4 cm³/mol. The third-order valence-electron chi connectivity index (χ3n) is 2.05. The van der Waals surface area contributed by atoms with Crippen molar-refractivity contribution in [3.8, 4) is 5.75 Å². The maximum atomic E-state index is 11.4. The second-order valence-corrected chi connectivity index (χ2v) is 3.26. The highest BCUT2D eigenvalue weighted by atomic mass is 16.5. The van der Waals surface area contributed by atoms with E-state index >= 15 is 0 Å². The topological polar surface area (TPSA) is 75.6 Å². The van der Waals surface area contributed by atoms with Crippen molar-refractivity contribution in [1.29, 1.82) is 0 Å². The fourth-order valence-corrected chi connectivity index (χ4v) is 1.27. The van der Waals surface area contributed by atoms with Crippen LogP contribution in [0.15, 0.2) is 30.9 Å². The zero-order valence-electron chi connectivity index (χ0n) is 9.40. The van der Waals surface area contributed by atoms with Crippen molar-refractivity contribution in [2.45, 2.75) is 6.42 Å². The van der Waals surface area contributed by atoms with E-state index in [1.54, 1.807) is 0 Å². The molecule has 0 radical (unpaired) electrons. The van der Waals surface area contributed by atoms with Crippen molar-refractivity contribution >= 4 is 17.6 Å². The molecular weight excluding hydrogens is 222 g/mol. The van der Waals surface area contributed by atoms with Crippen LogP contribution in [-0.4, -0.2) is 24.1 Å². The van der Waals surface area contributed by atoms with Gasteiger partial charge in [-0.2, -0.15) is 0 Å². The Morgan fingerprint density at radius 2 is 2.24 bits per heavy atom. The molecule has 1 amide bonds. The van der Waals surface area contributed by atoms with Crippen LogP contribution < -0.4 is 10.1 Å². The van der Waals surface area contributed by atoms with Crippen molar-refractivity contribution in [1.82, 2.24) is 0 Å². The Morgan fingerprint density at radius 3 is 2.76 bits per heavy atom. The Labute approximate surface area is 98.7 Å². The number of carbonyl (C=O) groups excluding carboxylic acids is 1. The van der Waals surface area contributed by atoms with Crippen LogP contribution in [0.4, 0.5) is 5.69 Å². The number of rotatable bonds is 5. The van der Waals surface area contributed by atoms with E-state index in [1.165, 1.54) is 31.4 Å². The van der Waals surface area contributed by atoms with Crippen molar-refractivity contribution in [3.63, 3.8) is 0 Å². The van der Waals surface area contributed by atoms with Gasteiger partial charge in [0.1, 0.15) is 5.75 Å². The fraction of sp³-hybridized carbons (Fsp3) is 0.167. The van der Waals surface area contributed by atoms with Crippen LogP contribution in [0.25, 0.3) is 0 Å². The van der Waals surface area contributed by atoms with Gasteiger partial charge in [0.15, 0.2) is 0 Å². The van der Waals surface area contributed by atoms with E-state index in [4.69, 9.17) is 9.84 Å². The molecule has 0 spiro atoms. The van der Waals surface area contributed by atoms with E-state index in [9.17, 15) is 9.59 Å². The lowest BCUT2D eigenvalue weighted by atomic mass is 10.2. The van der Waals surface area contributed by atoms with Gasteiger partial charge in [-0.15, -0.1) is 6.58 Å². The maximum absolute atomic E-state index is 11.4. The molecule has 0 aliphatic rings. The number of amides is 1. The first-order valence-corrected chi connectivity index (χ1v) is 4.90. The standard InChI is InChI=1S/C12H13NO4/c1-3-4-11(14)13-9-7-8(12(15)16)5-6-10(9)17-2/h3,5-7H,1,4H2,2H3,(H,13,14)(H,15,16). The number of methoxy groups -OCH3 is 1. The lowest BCUT2D eigenvalue weighted by molar-refractivity contribution is -0.115. The third-order valence-corrected chi connectivity index (χ3v) is 2.05. The first-order chi connectivity index (χ1) is 8.08. The van der Waals surface area contributed by atoms with Crippen LogP contribution in [0.3, 0.4) is 0 Å². The molecule has 0 atom stereocenters. The summed E-state index contributed by atoms with van der Waals surface area (Å²) in [5.41, 5.74) is 0.416. The zero-order chi connectivity index (χ0) is 12.8. The van der Waals surface area contributed by atoms with E-state index in [1.807, 2.05) is 0 Å². The van der Waals surface area contributed by atoms with Crippen LogP contribution in [-0.2, 0) is 4.79 Å². The van der Waals surface area contributed by atoms with E-state index < -0.39 is 5.97 Å². The molecule has 0 aliphatic carbocycles. The summed E-state index contributed by atoms with van der Waals surface area (Å²) in [5, 5.41) is 11.4. The van der Waals surface area contributed by atoms with Crippen LogP contribution in [0.5, 0.6) is 5.75 Å². The van der Waals surface area contributed by atoms with Crippen LogP contribution in [0, 0.1) is 0 Å². The molecule has 5 nitrogen and oxygen atoms in total. The van der Waals surface area contributed by atoms with Crippen molar-refractivity contribution in [2.75, 3.05) is 12.4 Å². The second-order valence-electron chi connectivity index (χ2n) is 3.26. The molecule has 0 aliphatic heterocycles. The molecule has 17 heavy (non-hydrogen) atoms. The summed E-state index contributed by atoms with van der Waals surface area (Å²) in [6, 6.07) is 4.25. The highest BCUT2D eigenvalue weighted by Crippen LogP contribution is 2.25. The summed E-state index contributed by atoms with van der Waals surface area (Å²) in [6.45, 7) is 3.44. The van der Waals surface area contributed by atoms with Gasteiger partial charge in [0.2, 0.25) is 5.91 Å². The summed E-state index contributed by atoms with van der Waals surface area (Å²) in [5.74, 6) is -0.930. The average Bonchev–Trinajstić information content (AvgIpc) is 2.29. The molecule has 1 rings (SSSR count). The number of hydrogen-bond acceptors (Lipinski definition) is 3. The van der Waals surface area contributed by atoms with Gasteiger partial charge in [-0.3, -0.25) is 4.79 Å². The number of hydrogen-bond donors (Lipinski definition) is 2. The molecule has 0 bridgehead atoms. The zero-order valence-corrected chi connectivity index (χ0v) is 9.40. The number of benzene rings is 1. The lowest BCUT2D eigenvalue weighted by Gasteiger charge is -2.10. The van der Waals surface area contributed by atoms with Gasteiger partial charge < -0.3 is 15.2 Å². The molecule has 0 aromatic heterocycles. The van der Waals surface area contributed by atoms with Gasteiger partial charge in [-0.1, -0.05) is 6.08 Å². The predicted octanol–water partition coefficient (Wildman–Crippen LogP) is 1.91. The number of nitrogens with one attached hydrogen (secondary N) is 1. The Hall–Kier alpha value is -2.30.